The molecule has 0 saturated heterocycles. The van der Waals surface area contributed by atoms with E-state index in [1.54, 1.807) is 37.5 Å². The minimum atomic E-state index is -0.274. The molecule has 0 aliphatic carbocycles. The molecule has 0 saturated carbocycles. The molecule has 0 aliphatic rings. The Morgan fingerprint density at radius 2 is 2.25 bits per heavy atom. The Morgan fingerprint density at radius 3 is 2.85 bits per heavy atom. The van der Waals surface area contributed by atoms with Crippen molar-refractivity contribution in [2.75, 3.05) is 7.11 Å². The standard InChI is InChI=1S/C15H10BrNO2S/c1-19-13-5-4-12(16)8-10(13)7-11(9-17)15(18)14-3-2-6-20-14/h2-8H,1H3/b11-7+. The van der Waals surface area contributed by atoms with Crippen molar-refractivity contribution in [3.8, 4) is 11.8 Å². The number of hydrogen-bond acceptors (Lipinski definition) is 4. The van der Waals surface area contributed by atoms with Crippen LogP contribution in [0.1, 0.15) is 15.2 Å². The molecule has 1 aromatic carbocycles. The van der Waals surface area contributed by atoms with Crippen molar-refractivity contribution in [1.82, 2.24) is 0 Å². The van der Waals surface area contributed by atoms with E-state index in [1.165, 1.54) is 11.3 Å². The normalized spacial score (nSPS) is 10.9. The van der Waals surface area contributed by atoms with Crippen LogP contribution in [0.3, 0.4) is 0 Å². The van der Waals surface area contributed by atoms with Crippen LogP contribution in [0.15, 0.2) is 45.8 Å². The molecule has 5 heteroatoms. The van der Waals surface area contributed by atoms with Gasteiger partial charge in [0.05, 0.1) is 12.0 Å². The number of rotatable bonds is 4. The topological polar surface area (TPSA) is 50.1 Å². The van der Waals surface area contributed by atoms with Gasteiger partial charge >= 0.3 is 0 Å². The quantitative estimate of drug-likeness (QED) is 0.470. The number of nitriles is 1. The van der Waals surface area contributed by atoms with Gasteiger partial charge in [0, 0.05) is 10.0 Å². The summed E-state index contributed by atoms with van der Waals surface area (Å²) in [7, 11) is 1.55. The molecule has 0 spiro atoms. The van der Waals surface area contributed by atoms with E-state index in [0.717, 1.165) is 4.47 Å². The van der Waals surface area contributed by atoms with Crippen molar-refractivity contribution in [3.05, 3.63) is 56.2 Å². The van der Waals surface area contributed by atoms with Crippen LogP contribution in [0.2, 0.25) is 0 Å². The van der Waals surface area contributed by atoms with E-state index in [2.05, 4.69) is 15.9 Å². The lowest BCUT2D eigenvalue weighted by Gasteiger charge is -2.05. The highest BCUT2D eigenvalue weighted by Gasteiger charge is 2.14. The summed E-state index contributed by atoms with van der Waals surface area (Å²) in [6, 6.07) is 10.9. The number of benzene rings is 1. The van der Waals surface area contributed by atoms with E-state index in [1.807, 2.05) is 17.5 Å². The Bertz CT molecular complexity index is 699. The summed E-state index contributed by atoms with van der Waals surface area (Å²) in [6.07, 6.45) is 1.55. The number of thiophene rings is 1. The first kappa shape index (κ1) is 14.5. The molecular weight excluding hydrogens is 338 g/mol. The van der Waals surface area contributed by atoms with Gasteiger partial charge in [0.2, 0.25) is 5.78 Å². The molecule has 0 bridgehead atoms. The van der Waals surface area contributed by atoms with E-state index >= 15 is 0 Å². The van der Waals surface area contributed by atoms with Crippen molar-refractivity contribution in [1.29, 1.82) is 5.26 Å². The molecule has 0 N–H and O–H groups in total. The maximum atomic E-state index is 12.2. The lowest BCUT2D eigenvalue weighted by atomic mass is 10.1. The summed E-state index contributed by atoms with van der Waals surface area (Å²) in [5.41, 5.74) is 0.771. The first-order valence-corrected chi connectivity index (χ1v) is 7.36. The van der Waals surface area contributed by atoms with Gasteiger partial charge in [-0.1, -0.05) is 22.0 Å². The highest BCUT2D eigenvalue weighted by Crippen LogP contribution is 2.26. The van der Waals surface area contributed by atoms with Gasteiger partial charge in [0.25, 0.3) is 0 Å². The fraction of sp³-hybridized carbons (Fsp3) is 0.0667. The molecule has 100 valence electrons. The summed E-state index contributed by atoms with van der Waals surface area (Å²) in [4.78, 5) is 12.7. The van der Waals surface area contributed by atoms with Gasteiger partial charge in [-0.15, -0.1) is 11.3 Å². The minimum Gasteiger partial charge on any atom is -0.496 e. The fourth-order valence-electron chi connectivity index (χ4n) is 1.66. The molecule has 0 aliphatic heterocycles. The Morgan fingerprint density at radius 1 is 1.45 bits per heavy atom. The number of methoxy groups -OCH3 is 1. The number of Topliss-reactive ketones (excluding diaryl/α,β-unsaturated/α-hetero) is 1. The number of halogens is 1. The summed E-state index contributed by atoms with van der Waals surface area (Å²) >= 11 is 4.68. The van der Waals surface area contributed by atoms with Gasteiger partial charge in [-0.3, -0.25) is 4.79 Å². The second kappa shape index (κ2) is 6.51. The number of carbonyl (C=O) groups is 1. The second-order valence-electron chi connectivity index (χ2n) is 3.86. The maximum Gasteiger partial charge on any atom is 0.213 e. The van der Waals surface area contributed by atoms with Gasteiger partial charge < -0.3 is 4.74 Å². The van der Waals surface area contributed by atoms with E-state index in [4.69, 9.17) is 4.74 Å². The average molecular weight is 348 g/mol. The molecule has 0 fully saturated rings. The van der Waals surface area contributed by atoms with Crippen molar-refractivity contribution < 1.29 is 9.53 Å². The Labute approximate surface area is 129 Å². The Balaban J connectivity index is 2.44. The molecule has 0 atom stereocenters. The molecule has 1 aromatic heterocycles. The van der Waals surface area contributed by atoms with Crippen LogP contribution < -0.4 is 4.74 Å². The van der Waals surface area contributed by atoms with Crippen LogP contribution in [-0.2, 0) is 0 Å². The third kappa shape index (κ3) is 3.16. The number of ketones is 1. The lowest BCUT2D eigenvalue weighted by molar-refractivity contribution is 0.104. The highest BCUT2D eigenvalue weighted by molar-refractivity contribution is 9.10. The van der Waals surface area contributed by atoms with E-state index in [9.17, 15) is 10.1 Å². The van der Waals surface area contributed by atoms with Crippen molar-refractivity contribution in [2.45, 2.75) is 0 Å². The van der Waals surface area contributed by atoms with Crippen molar-refractivity contribution in [3.63, 3.8) is 0 Å². The molecule has 0 radical (unpaired) electrons. The third-order valence-electron chi connectivity index (χ3n) is 2.60. The molecular formula is C15H10BrNO2S. The van der Waals surface area contributed by atoms with Crippen LogP contribution in [0.5, 0.6) is 5.75 Å². The average Bonchev–Trinajstić information content (AvgIpc) is 2.98. The first-order chi connectivity index (χ1) is 9.65. The van der Waals surface area contributed by atoms with Gasteiger partial charge in [0.15, 0.2) is 0 Å². The van der Waals surface area contributed by atoms with Crippen LogP contribution in [0.4, 0.5) is 0 Å². The zero-order valence-electron chi connectivity index (χ0n) is 10.6. The van der Waals surface area contributed by atoms with Crippen LogP contribution in [0, 0.1) is 11.3 Å². The zero-order chi connectivity index (χ0) is 14.5. The molecule has 20 heavy (non-hydrogen) atoms. The SMILES string of the molecule is COc1ccc(Br)cc1/C=C(\C#N)C(=O)c1cccs1. The minimum absolute atomic E-state index is 0.0869. The van der Waals surface area contributed by atoms with Gasteiger partial charge in [0.1, 0.15) is 17.4 Å². The Hall–Kier alpha value is -1.90. The smallest absolute Gasteiger partial charge is 0.213 e. The Kier molecular flexibility index (Phi) is 4.72. The van der Waals surface area contributed by atoms with Gasteiger partial charge in [-0.25, -0.2) is 0 Å². The van der Waals surface area contributed by atoms with Crippen LogP contribution >= 0.6 is 27.3 Å². The number of ether oxygens (including phenoxy) is 1. The van der Waals surface area contributed by atoms with E-state index < -0.39 is 0 Å². The number of hydrogen-bond donors (Lipinski definition) is 0. The lowest BCUT2D eigenvalue weighted by Crippen LogP contribution is -1.99. The summed E-state index contributed by atoms with van der Waals surface area (Å²) in [6.45, 7) is 0. The molecule has 0 amide bonds. The number of nitrogens with zero attached hydrogens (tertiary/aromatic N) is 1. The molecule has 1 heterocycles. The maximum absolute atomic E-state index is 12.2. The zero-order valence-corrected chi connectivity index (χ0v) is 13.0. The second-order valence-corrected chi connectivity index (χ2v) is 5.73. The molecule has 2 aromatic rings. The fourth-order valence-corrected chi connectivity index (χ4v) is 2.72. The van der Waals surface area contributed by atoms with Crippen LogP contribution in [-0.4, -0.2) is 12.9 Å². The third-order valence-corrected chi connectivity index (χ3v) is 3.96. The summed E-state index contributed by atoms with van der Waals surface area (Å²) in [5, 5.41) is 11.0. The molecule has 3 nitrogen and oxygen atoms in total. The van der Waals surface area contributed by atoms with E-state index in [0.29, 0.717) is 16.2 Å². The first-order valence-electron chi connectivity index (χ1n) is 5.69. The monoisotopic (exact) mass is 347 g/mol. The van der Waals surface area contributed by atoms with Crippen molar-refractivity contribution in [2.24, 2.45) is 0 Å². The molecule has 0 unspecified atom stereocenters. The largest absolute Gasteiger partial charge is 0.496 e. The molecule has 2 rings (SSSR count). The predicted octanol–water partition coefficient (Wildman–Crippen LogP) is 4.31. The van der Waals surface area contributed by atoms with Gasteiger partial charge in [-0.2, -0.15) is 5.26 Å². The summed E-state index contributed by atoms with van der Waals surface area (Å²) < 4.78 is 6.08. The van der Waals surface area contributed by atoms with Crippen LogP contribution in [0.25, 0.3) is 6.08 Å². The highest BCUT2D eigenvalue weighted by atomic mass is 79.9. The summed E-state index contributed by atoms with van der Waals surface area (Å²) in [5.74, 6) is 0.337. The predicted molar refractivity (Wildman–Crippen MR) is 82.9 cm³/mol. The van der Waals surface area contributed by atoms with Crippen molar-refractivity contribution >= 4 is 39.1 Å². The number of allylic oxidation sites excluding steroid dienone is 1. The number of carbonyl (C=O) groups excluding carboxylic acids is 1. The van der Waals surface area contributed by atoms with Gasteiger partial charge in [-0.05, 0) is 35.7 Å². The van der Waals surface area contributed by atoms with E-state index in [-0.39, 0.29) is 11.4 Å².